The number of nitrogens with zero attached hydrogens (tertiary/aromatic N) is 2. The fraction of sp³-hybridized carbons (Fsp3) is 0.750. The second kappa shape index (κ2) is 6.95. The quantitative estimate of drug-likeness (QED) is 0.853. The Morgan fingerprint density at radius 3 is 3.05 bits per heavy atom. The van der Waals surface area contributed by atoms with E-state index in [0.717, 1.165) is 23.5 Å². The second-order valence-corrected chi connectivity index (χ2v) is 7.82. The van der Waals surface area contributed by atoms with E-state index in [4.69, 9.17) is 4.74 Å². The van der Waals surface area contributed by atoms with Crippen LogP contribution >= 0.6 is 11.3 Å². The van der Waals surface area contributed by atoms with Crippen molar-refractivity contribution in [1.82, 2.24) is 14.0 Å². The van der Waals surface area contributed by atoms with Gasteiger partial charge < -0.3 is 4.74 Å². The lowest BCUT2D eigenvalue weighted by molar-refractivity contribution is 0.118. The van der Waals surface area contributed by atoms with Crippen LogP contribution in [0.15, 0.2) is 5.38 Å². The Bertz CT molecular complexity index is 528. The highest BCUT2D eigenvalue weighted by atomic mass is 32.2. The number of aromatic nitrogens is 1. The minimum absolute atomic E-state index is 0.248. The number of ether oxygens (including phenoxy) is 1. The smallest absolute Gasteiger partial charge is 0.279 e. The maximum atomic E-state index is 12.3. The molecule has 0 radical (unpaired) electrons. The van der Waals surface area contributed by atoms with Crippen LogP contribution in [0.2, 0.25) is 0 Å². The number of hydrogen-bond acceptors (Lipinski definition) is 5. The Morgan fingerprint density at radius 2 is 2.40 bits per heavy atom. The predicted molar refractivity (Wildman–Crippen MR) is 78.8 cm³/mol. The van der Waals surface area contributed by atoms with Crippen molar-refractivity contribution in [2.45, 2.75) is 26.3 Å². The van der Waals surface area contributed by atoms with Gasteiger partial charge >= 0.3 is 0 Å². The zero-order chi connectivity index (χ0) is 14.6. The average molecular weight is 319 g/mol. The van der Waals surface area contributed by atoms with Crippen LogP contribution in [0.3, 0.4) is 0 Å². The zero-order valence-electron chi connectivity index (χ0n) is 11.8. The summed E-state index contributed by atoms with van der Waals surface area (Å²) in [6.07, 6.45) is 1.90. The maximum Gasteiger partial charge on any atom is 0.279 e. The van der Waals surface area contributed by atoms with Crippen molar-refractivity contribution in [3.05, 3.63) is 16.1 Å². The monoisotopic (exact) mass is 319 g/mol. The minimum Gasteiger partial charge on any atom is -0.384 e. The van der Waals surface area contributed by atoms with Crippen LogP contribution in [0, 0.1) is 12.8 Å². The highest BCUT2D eigenvalue weighted by Gasteiger charge is 2.28. The fourth-order valence-corrected chi connectivity index (χ4v) is 4.26. The summed E-state index contributed by atoms with van der Waals surface area (Å²) in [6, 6.07) is 0. The third-order valence-electron chi connectivity index (χ3n) is 3.33. The number of piperidine rings is 1. The zero-order valence-corrected chi connectivity index (χ0v) is 13.5. The summed E-state index contributed by atoms with van der Waals surface area (Å²) < 4.78 is 33.8. The molecule has 0 saturated carbocycles. The summed E-state index contributed by atoms with van der Waals surface area (Å²) in [5.74, 6) is 0.284. The van der Waals surface area contributed by atoms with Crippen molar-refractivity contribution in [3.8, 4) is 0 Å². The first-order valence-electron chi connectivity index (χ1n) is 6.66. The molecule has 0 amide bonds. The molecule has 0 aromatic carbocycles. The van der Waals surface area contributed by atoms with Crippen LogP contribution in [0.1, 0.15) is 23.5 Å². The fourth-order valence-electron chi connectivity index (χ4n) is 2.36. The normalized spacial score (nSPS) is 21.2. The summed E-state index contributed by atoms with van der Waals surface area (Å²) in [7, 11) is -1.78. The molecule has 1 saturated heterocycles. The molecule has 1 N–H and O–H groups in total. The lowest BCUT2D eigenvalue weighted by Gasteiger charge is -2.31. The molecular formula is C12H21N3O3S2. The molecule has 1 atom stereocenters. The van der Waals surface area contributed by atoms with Gasteiger partial charge in [0.15, 0.2) is 0 Å². The van der Waals surface area contributed by atoms with Gasteiger partial charge in [0.05, 0.1) is 23.9 Å². The molecule has 8 heteroatoms. The van der Waals surface area contributed by atoms with E-state index in [-0.39, 0.29) is 12.5 Å². The Morgan fingerprint density at radius 1 is 1.60 bits per heavy atom. The summed E-state index contributed by atoms with van der Waals surface area (Å²) in [6.45, 7) is 3.86. The van der Waals surface area contributed by atoms with Gasteiger partial charge in [-0.1, -0.05) is 0 Å². The van der Waals surface area contributed by atoms with E-state index in [2.05, 4.69) is 9.71 Å². The summed E-state index contributed by atoms with van der Waals surface area (Å²) in [4.78, 5) is 4.26. The average Bonchev–Trinajstić information content (AvgIpc) is 2.83. The molecule has 1 aliphatic heterocycles. The van der Waals surface area contributed by atoms with Gasteiger partial charge in [-0.2, -0.15) is 17.4 Å². The minimum atomic E-state index is -3.43. The van der Waals surface area contributed by atoms with Crippen LogP contribution in [0.4, 0.5) is 0 Å². The molecule has 1 aromatic rings. The number of nitrogens with one attached hydrogen (secondary N) is 1. The summed E-state index contributed by atoms with van der Waals surface area (Å²) >= 11 is 1.52. The standard InChI is InChI=1S/C12H21N3O3S2/c1-10-14-12(9-19-10)6-13-20(16,17)15-5-3-4-11(7-15)8-18-2/h9,11,13H,3-8H2,1-2H3. The summed E-state index contributed by atoms with van der Waals surface area (Å²) in [5, 5.41) is 2.82. The topological polar surface area (TPSA) is 71.5 Å². The van der Waals surface area contributed by atoms with Crippen molar-refractivity contribution < 1.29 is 13.2 Å². The molecule has 1 fully saturated rings. The van der Waals surface area contributed by atoms with Crippen molar-refractivity contribution in [3.63, 3.8) is 0 Å². The predicted octanol–water partition coefficient (Wildman–Crippen LogP) is 1.14. The highest BCUT2D eigenvalue weighted by molar-refractivity contribution is 7.87. The first-order valence-corrected chi connectivity index (χ1v) is 8.98. The molecule has 20 heavy (non-hydrogen) atoms. The Hall–Kier alpha value is -0.540. The van der Waals surface area contributed by atoms with E-state index >= 15 is 0 Å². The number of hydrogen-bond donors (Lipinski definition) is 1. The molecule has 1 aliphatic rings. The molecule has 0 spiro atoms. The third-order valence-corrected chi connectivity index (χ3v) is 5.67. The molecular weight excluding hydrogens is 298 g/mol. The number of rotatable bonds is 6. The van der Waals surface area contributed by atoms with E-state index in [1.807, 2.05) is 12.3 Å². The number of thiazole rings is 1. The highest BCUT2D eigenvalue weighted by Crippen LogP contribution is 2.19. The largest absolute Gasteiger partial charge is 0.384 e. The first kappa shape index (κ1) is 15.8. The molecule has 0 aliphatic carbocycles. The van der Waals surface area contributed by atoms with Gasteiger partial charge in [-0.3, -0.25) is 0 Å². The van der Waals surface area contributed by atoms with E-state index in [0.29, 0.717) is 19.7 Å². The number of methoxy groups -OCH3 is 1. The van der Waals surface area contributed by atoms with Crippen molar-refractivity contribution >= 4 is 21.5 Å². The Balaban J connectivity index is 1.92. The molecule has 114 valence electrons. The van der Waals surface area contributed by atoms with Crippen molar-refractivity contribution in [2.24, 2.45) is 5.92 Å². The molecule has 2 rings (SSSR count). The molecule has 1 unspecified atom stereocenters. The summed E-state index contributed by atoms with van der Waals surface area (Å²) in [5.41, 5.74) is 0.765. The van der Waals surface area contributed by atoms with E-state index in [1.54, 1.807) is 7.11 Å². The molecule has 6 nitrogen and oxygen atoms in total. The van der Waals surface area contributed by atoms with Crippen LogP contribution in [0.5, 0.6) is 0 Å². The Labute approximate surface area is 124 Å². The van der Waals surface area contributed by atoms with E-state index in [9.17, 15) is 8.42 Å². The van der Waals surface area contributed by atoms with Gasteiger partial charge in [-0.05, 0) is 25.7 Å². The lowest BCUT2D eigenvalue weighted by Crippen LogP contribution is -2.46. The molecule has 2 heterocycles. The van der Waals surface area contributed by atoms with E-state index < -0.39 is 10.2 Å². The van der Waals surface area contributed by atoms with Gasteiger partial charge in [0, 0.05) is 25.6 Å². The van der Waals surface area contributed by atoms with Crippen LogP contribution < -0.4 is 4.72 Å². The van der Waals surface area contributed by atoms with Gasteiger partial charge in [-0.25, -0.2) is 4.98 Å². The van der Waals surface area contributed by atoms with Crippen LogP contribution in [-0.2, 0) is 21.5 Å². The number of aryl methyl sites for hydroxylation is 1. The maximum absolute atomic E-state index is 12.3. The Kier molecular flexibility index (Phi) is 5.50. The van der Waals surface area contributed by atoms with Crippen LogP contribution in [0.25, 0.3) is 0 Å². The lowest BCUT2D eigenvalue weighted by atomic mass is 10.0. The first-order chi connectivity index (χ1) is 9.51. The molecule has 1 aromatic heterocycles. The van der Waals surface area contributed by atoms with Gasteiger partial charge in [0.25, 0.3) is 10.2 Å². The second-order valence-electron chi connectivity index (χ2n) is 5.01. The van der Waals surface area contributed by atoms with Gasteiger partial charge in [0.2, 0.25) is 0 Å². The molecule has 0 bridgehead atoms. The third kappa shape index (κ3) is 4.23. The SMILES string of the molecule is COCC1CCCN(S(=O)(=O)NCc2csc(C)n2)C1. The van der Waals surface area contributed by atoms with Crippen LogP contribution in [-0.4, -0.2) is 44.5 Å². The van der Waals surface area contributed by atoms with E-state index in [1.165, 1.54) is 15.6 Å². The van der Waals surface area contributed by atoms with Gasteiger partial charge in [-0.15, -0.1) is 11.3 Å². The van der Waals surface area contributed by atoms with Crippen molar-refractivity contribution in [2.75, 3.05) is 26.8 Å². The van der Waals surface area contributed by atoms with Gasteiger partial charge in [0.1, 0.15) is 0 Å². The van der Waals surface area contributed by atoms with Crippen molar-refractivity contribution in [1.29, 1.82) is 0 Å².